The zero-order valence-corrected chi connectivity index (χ0v) is 12.8. The van der Waals surface area contributed by atoms with Crippen molar-refractivity contribution in [2.24, 2.45) is 0 Å². The van der Waals surface area contributed by atoms with Gasteiger partial charge in [-0.2, -0.15) is 5.10 Å². The monoisotopic (exact) mass is 272 g/mol. The third-order valence-corrected chi connectivity index (χ3v) is 3.80. The summed E-state index contributed by atoms with van der Waals surface area (Å²) in [5, 5.41) is 8.02. The molecule has 4 heteroatoms. The van der Waals surface area contributed by atoms with Crippen LogP contribution in [0.4, 0.5) is 0 Å². The molecule has 0 aliphatic heterocycles. The molecule has 2 aromatic rings. The summed E-state index contributed by atoms with van der Waals surface area (Å²) in [6.07, 6.45) is 5.99. The minimum absolute atomic E-state index is 0.253. The van der Waals surface area contributed by atoms with E-state index in [1.165, 1.54) is 5.56 Å². The molecule has 0 fully saturated rings. The summed E-state index contributed by atoms with van der Waals surface area (Å²) in [6.45, 7) is 6.38. The molecule has 0 spiro atoms. The number of nitrogens with one attached hydrogen (secondary N) is 1. The molecule has 108 valence electrons. The first-order valence-electron chi connectivity index (χ1n) is 7.28. The molecule has 0 radical (unpaired) electrons. The van der Waals surface area contributed by atoms with Gasteiger partial charge in [-0.15, -0.1) is 0 Å². The van der Waals surface area contributed by atoms with Gasteiger partial charge in [-0.3, -0.25) is 9.67 Å². The number of aromatic nitrogens is 3. The number of rotatable bonds is 6. The van der Waals surface area contributed by atoms with Crippen LogP contribution in [0.2, 0.25) is 0 Å². The first-order valence-corrected chi connectivity index (χ1v) is 7.28. The van der Waals surface area contributed by atoms with E-state index in [4.69, 9.17) is 0 Å². The summed E-state index contributed by atoms with van der Waals surface area (Å²) >= 11 is 0. The molecule has 2 rings (SSSR count). The molecule has 0 saturated carbocycles. The maximum Gasteiger partial charge on any atom is 0.0643 e. The van der Waals surface area contributed by atoms with Crippen LogP contribution in [-0.2, 0) is 6.42 Å². The van der Waals surface area contributed by atoms with Crippen molar-refractivity contribution in [1.29, 1.82) is 0 Å². The van der Waals surface area contributed by atoms with Crippen molar-refractivity contribution in [3.63, 3.8) is 0 Å². The van der Waals surface area contributed by atoms with E-state index in [-0.39, 0.29) is 6.04 Å². The summed E-state index contributed by atoms with van der Waals surface area (Å²) in [5.41, 5.74) is 3.37. The number of pyridine rings is 1. The fourth-order valence-corrected chi connectivity index (χ4v) is 2.20. The Morgan fingerprint density at radius 3 is 2.70 bits per heavy atom. The van der Waals surface area contributed by atoms with Crippen LogP contribution in [0, 0.1) is 6.92 Å². The zero-order valence-electron chi connectivity index (χ0n) is 12.8. The van der Waals surface area contributed by atoms with Crippen molar-refractivity contribution in [3.8, 4) is 0 Å². The minimum atomic E-state index is 0.253. The highest BCUT2D eigenvalue weighted by Crippen LogP contribution is 2.18. The SMILES string of the molecule is CCC(C)n1ccc(CC(NC)c2ccc(C)nc2)n1. The largest absolute Gasteiger partial charge is 0.313 e. The quantitative estimate of drug-likeness (QED) is 0.879. The summed E-state index contributed by atoms with van der Waals surface area (Å²) in [4.78, 5) is 4.37. The topological polar surface area (TPSA) is 42.7 Å². The van der Waals surface area contributed by atoms with Crippen LogP contribution in [0.15, 0.2) is 30.6 Å². The smallest absolute Gasteiger partial charge is 0.0643 e. The van der Waals surface area contributed by atoms with E-state index in [2.05, 4.69) is 58.3 Å². The van der Waals surface area contributed by atoms with Gasteiger partial charge in [-0.05, 0) is 45.0 Å². The first kappa shape index (κ1) is 14.7. The number of aryl methyl sites for hydroxylation is 1. The van der Waals surface area contributed by atoms with Crippen LogP contribution in [0.25, 0.3) is 0 Å². The molecule has 2 atom stereocenters. The molecule has 0 bridgehead atoms. The van der Waals surface area contributed by atoms with E-state index in [1.807, 2.05) is 20.2 Å². The first-order chi connectivity index (χ1) is 9.63. The lowest BCUT2D eigenvalue weighted by atomic mass is 10.0. The molecule has 1 N–H and O–H groups in total. The Morgan fingerprint density at radius 2 is 2.10 bits per heavy atom. The molecule has 2 heterocycles. The number of likely N-dealkylation sites (N-methyl/N-ethyl adjacent to an activating group) is 1. The van der Waals surface area contributed by atoms with Gasteiger partial charge in [0, 0.05) is 36.6 Å². The van der Waals surface area contributed by atoms with E-state index < -0.39 is 0 Å². The molecule has 2 aromatic heterocycles. The molecule has 2 unspecified atom stereocenters. The Bertz CT molecular complexity index is 530. The van der Waals surface area contributed by atoms with Gasteiger partial charge in [0.25, 0.3) is 0 Å². The Hall–Kier alpha value is -1.68. The maximum absolute atomic E-state index is 4.67. The normalized spacial score (nSPS) is 14.2. The van der Waals surface area contributed by atoms with E-state index in [1.54, 1.807) is 0 Å². The van der Waals surface area contributed by atoms with Crippen molar-refractivity contribution < 1.29 is 0 Å². The lowest BCUT2D eigenvalue weighted by Crippen LogP contribution is -2.19. The molecule has 20 heavy (non-hydrogen) atoms. The van der Waals surface area contributed by atoms with E-state index >= 15 is 0 Å². The molecule has 0 aliphatic carbocycles. The van der Waals surface area contributed by atoms with Gasteiger partial charge in [0.15, 0.2) is 0 Å². The fourth-order valence-electron chi connectivity index (χ4n) is 2.20. The second kappa shape index (κ2) is 6.66. The van der Waals surface area contributed by atoms with Gasteiger partial charge in [-0.25, -0.2) is 0 Å². The predicted molar refractivity (Wildman–Crippen MR) is 81.7 cm³/mol. The summed E-state index contributed by atoms with van der Waals surface area (Å²) in [5.74, 6) is 0. The predicted octanol–water partition coefficient (Wildman–Crippen LogP) is 3.06. The summed E-state index contributed by atoms with van der Waals surface area (Å²) in [6, 6.07) is 7.01. The molecular weight excluding hydrogens is 248 g/mol. The minimum Gasteiger partial charge on any atom is -0.313 e. The Morgan fingerprint density at radius 1 is 1.30 bits per heavy atom. The van der Waals surface area contributed by atoms with Gasteiger partial charge < -0.3 is 5.32 Å². The summed E-state index contributed by atoms with van der Waals surface area (Å²) < 4.78 is 2.05. The van der Waals surface area contributed by atoms with Crippen molar-refractivity contribution in [1.82, 2.24) is 20.1 Å². The Kier molecular flexibility index (Phi) is 4.90. The second-order valence-corrected chi connectivity index (χ2v) is 5.32. The molecular formula is C16H24N4. The van der Waals surface area contributed by atoms with E-state index in [0.717, 1.165) is 24.2 Å². The lowest BCUT2D eigenvalue weighted by Gasteiger charge is -2.15. The van der Waals surface area contributed by atoms with Gasteiger partial charge in [0.1, 0.15) is 0 Å². The molecule has 4 nitrogen and oxygen atoms in total. The van der Waals surface area contributed by atoms with Crippen LogP contribution >= 0.6 is 0 Å². The van der Waals surface area contributed by atoms with Crippen molar-refractivity contribution in [2.75, 3.05) is 7.05 Å². The maximum atomic E-state index is 4.67. The van der Waals surface area contributed by atoms with Crippen molar-refractivity contribution in [2.45, 2.75) is 45.7 Å². The standard InChI is InChI=1S/C16H24N4/c1-5-13(3)20-9-8-15(19-20)10-16(17-4)14-7-6-12(2)18-11-14/h6-9,11,13,16-17H,5,10H2,1-4H3. The van der Waals surface area contributed by atoms with Crippen LogP contribution < -0.4 is 5.32 Å². The molecule has 0 saturated heterocycles. The molecule has 0 amide bonds. The van der Waals surface area contributed by atoms with Crippen molar-refractivity contribution >= 4 is 0 Å². The van der Waals surface area contributed by atoms with Crippen LogP contribution in [0.3, 0.4) is 0 Å². The van der Waals surface area contributed by atoms with Gasteiger partial charge >= 0.3 is 0 Å². The molecule has 0 aliphatic rings. The van der Waals surface area contributed by atoms with E-state index in [0.29, 0.717) is 6.04 Å². The van der Waals surface area contributed by atoms with Crippen LogP contribution in [0.1, 0.15) is 49.3 Å². The number of hydrogen-bond acceptors (Lipinski definition) is 3. The third kappa shape index (κ3) is 3.45. The zero-order chi connectivity index (χ0) is 14.5. The number of hydrogen-bond donors (Lipinski definition) is 1. The average molecular weight is 272 g/mol. The second-order valence-electron chi connectivity index (χ2n) is 5.32. The number of nitrogens with zero attached hydrogens (tertiary/aromatic N) is 3. The molecule has 0 aromatic carbocycles. The highest BCUT2D eigenvalue weighted by atomic mass is 15.3. The van der Waals surface area contributed by atoms with Gasteiger partial charge in [0.05, 0.1) is 5.69 Å². The van der Waals surface area contributed by atoms with Gasteiger partial charge in [-0.1, -0.05) is 13.0 Å². The fraction of sp³-hybridized carbons (Fsp3) is 0.500. The van der Waals surface area contributed by atoms with E-state index in [9.17, 15) is 0 Å². The highest BCUT2D eigenvalue weighted by Gasteiger charge is 2.13. The Balaban J connectivity index is 2.10. The van der Waals surface area contributed by atoms with Crippen molar-refractivity contribution in [3.05, 3.63) is 47.5 Å². The average Bonchev–Trinajstić information content (AvgIpc) is 2.93. The lowest BCUT2D eigenvalue weighted by molar-refractivity contribution is 0.469. The summed E-state index contributed by atoms with van der Waals surface area (Å²) in [7, 11) is 1.98. The van der Waals surface area contributed by atoms with Gasteiger partial charge in [0.2, 0.25) is 0 Å². The Labute approximate surface area is 121 Å². The highest BCUT2D eigenvalue weighted by molar-refractivity contribution is 5.19. The van der Waals surface area contributed by atoms with Crippen LogP contribution in [-0.4, -0.2) is 21.8 Å². The van der Waals surface area contributed by atoms with Crippen LogP contribution in [0.5, 0.6) is 0 Å². The third-order valence-electron chi connectivity index (χ3n) is 3.80.